The predicted molar refractivity (Wildman–Crippen MR) is 94.7 cm³/mol. The van der Waals surface area contributed by atoms with Crippen molar-refractivity contribution in [2.24, 2.45) is 0 Å². The molecule has 1 N–H and O–H groups in total. The average molecular weight is 395 g/mol. The van der Waals surface area contributed by atoms with Gasteiger partial charge in [0.15, 0.2) is 5.13 Å². The van der Waals surface area contributed by atoms with E-state index in [0.29, 0.717) is 28.6 Å². The molecule has 0 aliphatic carbocycles. The number of amides is 1. The van der Waals surface area contributed by atoms with Crippen molar-refractivity contribution in [1.29, 1.82) is 0 Å². The van der Waals surface area contributed by atoms with Crippen LogP contribution in [0.5, 0.6) is 0 Å². The van der Waals surface area contributed by atoms with Gasteiger partial charge in [-0.05, 0) is 25.5 Å². The van der Waals surface area contributed by atoms with Crippen LogP contribution in [-0.2, 0) is 23.8 Å². The van der Waals surface area contributed by atoms with E-state index >= 15 is 0 Å². The molecule has 3 aromatic rings. The number of aryl methyl sites for hydroxylation is 2. The Labute approximate surface area is 157 Å². The van der Waals surface area contributed by atoms with Gasteiger partial charge in [0, 0.05) is 23.1 Å². The summed E-state index contributed by atoms with van der Waals surface area (Å²) in [6.07, 6.45) is -2.40. The first-order valence-electron chi connectivity index (χ1n) is 8.05. The molecule has 142 valence electrons. The number of alkyl halides is 3. The summed E-state index contributed by atoms with van der Waals surface area (Å²) in [4.78, 5) is 17.0. The molecule has 0 aliphatic heterocycles. The maximum Gasteiger partial charge on any atom is 0.416 e. The molecule has 0 unspecified atom stereocenters. The van der Waals surface area contributed by atoms with Crippen LogP contribution in [0.15, 0.2) is 35.0 Å². The molecule has 0 saturated heterocycles. The number of aromatic nitrogens is 2. The zero-order valence-corrected chi connectivity index (χ0v) is 15.4. The first kappa shape index (κ1) is 19.1. The summed E-state index contributed by atoms with van der Waals surface area (Å²) in [5, 5.41) is 6.90. The summed E-state index contributed by atoms with van der Waals surface area (Å²) in [6.45, 7) is 3.49. The minimum Gasteiger partial charge on any atom is -0.361 e. The lowest BCUT2D eigenvalue weighted by Gasteiger charge is -2.07. The van der Waals surface area contributed by atoms with E-state index < -0.39 is 11.7 Å². The molecule has 0 fully saturated rings. The van der Waals surface area contributed by atoms with E-state index in [4.69, 9.17) is 4.52 Å². The van der Waals surface area contributed by atoms with Crippen LogP contribution in [0.3, 0.4) is 0 Å². The van der Waals surface area contributed by atoms with Crippen LogP contribution in [0.4, 0.5) is 18.3 Å². The highest BCUT2D eigenvalue weighted by Crippen LogP contribution is 2.30. The third-order valence-corrected chi connectivity index (χ3v) is 4.86. The fraction of sp³-hybridized carbons (Fsp3) is 0.278. The summed E-state index contributed by atoms with van der Waals surface area (Å²) in [5.74, 6) is 0.330. The van der Waals surface area contributed by atoms with Crippen LogP contribution in [0, 0.1) is 13.8 Å². The summed E-state index contributed by atoms with van der Waals surface area (Å²) in [5.41, 5.74) is 1.24. The number of rotatable bonds is 5. The third kappa shape index (κ3) is 4.73. The van der Waals surface area contributed by atoms with Crippen molar-refractivity contribution in [3.05, 3.63) is 63.5 Å². The van der Waals surface area contributed by atoms with Crippen LogP contribution in [0.1, 0.15) is 33.0 Å². The van der Waals surface area contributed by atoms with E-state index in [1.807, 2.05) is 0 Å². The molecule has 1 amide bonds. The lowest BCUT2D eigenvalue weighted by Crippen LogP contribution is -2.14. The van der Waals surface area contributed by atoms with Crippen molar-refractivity contribution in [2.45, 2.75) is 32.9 Å². The number of anilines is 1. The van der Waals surface area contributed by atoms with Crippen molar-refractivity contribution < 1.29 is 22.5 Å². The molecule has 9 heteroatoms. The van der Waals surface area contributed by atoms with E-state index in [1.165, 1.54) is 17.4 Å². The Morgan fingerprint density at radius 3 is 2.74 bits per heavy atom. The highest BCUT2D eigenvalue weighted by atomic mass is 32.1. The summed E-state index contributed by atoms with van der Waals surface area (Å²) in [7, 11) is 0. The number of nitrogens with one attached hydrogen (secondary N) is 1. The molecule has 0 spiro atoms. The Morgan fingerprint density at radius 1 is 1.30 bits per heavy atom. The van der Waals surface area contributed by atoms with Gasteiger partial charge in [0.2, 0.25) is 5.91 Å². The minimum absolute atomic E-state index is 0.115. The molecule has 0 atom stereocenters. The Balaban J connectivity index is 1.64. The number of carbonyl (C=O) groups excluding carboxylic acids is 1. The van der Waals surface area contributed by atoms with Crippen molar-refractivity contribution in [3.63, 3.8) is 0 Å². The largest absolute Gasteiger partial charge is 0.416 e. The first-order valence-corrected chi connectivity index (χ1v) is 8.86. The fourth-order valence-corrected chi connectivity index (χ4v) is 3.45. The van der Waals surface area contributed by atoms with Crippen molar-refractivity contribution in [2.75, 3.05) is 5.32 Å². The Kier molecular flexibility index (Phi) is 5.31. The lowest BCUT2D eigenvalue weighted by atomic mass is 10.1. The predicted octanol–water partition coefficient (Wildman–Crippen LogP) is 4.54. The van der Waals surface area contributed by atoms with Gasteiger partial charge in [-0.25, -0.2) is 4.98 Å². The van der Waals surface area contributed by atoms with E-state index in [2.05, 4.69) is 15.5 Å². The Bertz CT molecular complexity index is 943. The molecule has 0 bridgehead atoms. The monoisotopic (exact) mass is 395 g/mol. The number of thiazole rings is 1. The number of benzene rings is 1. The SMILES string of the molecule is Cc1noc(C)c1CC(=O)Nc1ncc(Cc2cccc(C(F)(F)F)c2)s1. The van der Waals surface area contributed by atoms with Crippen molar-refractivity contribution >= 4 is 22.4 Å². The summed E-state index contributed by atoms with van der Waals surface area (Å²) >= 11 is 1.23. The molecule has 3 rings (SSSR count). The molecular weight excluding hydrogens is 379 g/mol. The molecule has 27 heavy (non-hydrogen) atoms. The van der Waals surface area contributed by atoms with Crippen molar-refractivity contribution in [1.82, 2.24) is 10.1 Å². The number of nitrogens with zero attached hydrogens (tertiary/aromatic N) is 2. The maximum atomic E-state index is 12.8. The average Bonchev–Trinajstić information content (AvgIpc) is 3.15. The Hall–Kier alpha value is -2.68. The minimum atomic E-state index is -4.37. The number of carbonyl (C=O) groups is 1. The third-order valence-electron chi connectivity index (χ3n) is 3.95. The van der Waals surface area contributed by atoms with Crippen LogP contribution < -0.4 is 5.32 Å². The topological polar surface area (TPSA) is 68.0 Å². The molecular formula is C18H16F3N3O2S. The van der Waals surface area contributed by atoms with Crippen LogP contribution in [0.2, 0.25) is 0 Å². The van der Waals surface area contributed by atoms with Gasteiger partial charge in [0.1, 0.15) is 5.76 Å². The summed E-state index contributed by atoms with van der Waals surface area (Å²) < 4.78 is 43.4. The van der Waals surface area contributed by atoms with Gasteiger partial charge in [-0.1, -0.05) is 23.4 Å². The highest BCUT2D eigenvalue weighted by Gasteiger charge is 2.30. The molecule has 0 saturated carbocycles. The van der Waals surface area contributed by atoms with Gasteiger partial charge in [-0.2, -0.15) is 13.2 Å². The molecule has 2 aromatic heterocycles. The Morgan fingerprint density at radius 2 is 2.07 bits per heavy atom. The molecule has 5 nitrogen and oxygen atoms in total. The standard InChI is InChI=1S/C18H16F3N3O2S/c1-10-15(11(2)26-24-10)8-16(25)23-17-22-9-14(27-17)7-12-4-3-5-13(6-12)18(19,20)21/h3-6,9H,7-8H2,1-2H3,(H,22,23,25). The quantitative estimate of drug-likeness (QED) is 0.689. The number of halogens is 3. The van der Waals surface area contributed by atoms with Crippen LogP contribution in [-0.4, -0.2) is 16.0 Å². The van der Waals surface area contributed by atoms with Gasteiger partial charge in [0.25, 0.3) is 0 Å². The van der Waals surface area contributed by atoms with E-state index in [0.717, 1.165) is 22.6 Å². The molecule has 0 radical (unpaired) electrons. The molecule has 0 aliphatic rings. The lowest BCUT2D eigenvalue weighted by molar-refractivity contribution is -0.137. The molecule has 1 aromatic carbocycles. The normalized spacial score (nSPS) is 11.6. The first-order chi connectivity index (χ1) is 12.7. The van der Waals surface area contributed by atoms with Gasteiger partial charge in [-0.15, -0.1) is 11.3 Å². The maximum absolute atomic E-state index is 12.8. The van der Waals surface area contributed by atoms with E-state index in [9.17, 15) is 18.0 Å². The number of hydrogen-bond acceptors (Lipinski definition) is 5. The smallest absolute Gasteiger partial charge is 0.361 e. The van der Waals surface area contributed by atoms with Crippen LogP contribution in [0.25, 0.3) is 0 Å². The van der Waals surface area contributed by atoms with Crippen LogP contribution >= 0.6 is 11.3 Å². The van der Waals surface area contributed by atoms with Crippen molar-refractivity contribution in [3.8, 4) is 0 Å². The van der Waals surface area contributed by atoms with Gasteiger partial charge < -0.3 is 9.84 Å². The number of hydrogen-bond donors (Lipinski definition) is 1. The van der Waals surface area contributed by atoms with Gasteiger partial charge >= 0.3 is 6.18 Å². The van der Waals surface area contributed by atoms with E-state index in [1.54, 1.807) is 26.1 Å². The van der Waals surface area contributed by atoms with E-state index in [-0.39, 0.29) is 12.3 Å². The second-order valence-electron chi connectivity index (χ2n) is 6.03. The second kappa shape index (κ2) is 7.51. The zero-order chi connectivity index (χ0) is 19.6. The van der Waals surface area contributed by atoms with Gasteiger partial charge in [0.05, 0.1) is 17.7 Å². The molecule has 2 heterocycles. The second-order valence-corrected chi connectivity index (χ2v) is 7.15. The highest BCUT2D eigenvalue weighted by molar-refractivity contribution is 7.15. The fourth-order valence-electron chi connectivity index (χ4n) is 2.58. The zero-order valence-electron chi connectivity index (χ0n) is 14.6. The van der Waals surface area contributed by atoms with Gasteiger partial charge in [-0.3, -0.25) is 4.79 Å². The summed E-state index contributed by atoms with van der Waals surface area (Å²) in [6, 6.07) is 5.17.